The maximum Gasteiger partial charge on any atom is 0.336 e. The topological polar surface area (TPSA) is 94.8 Å². The van der Waals surface area contributed by atoms with Gasteiger partial charge in [0.2, 0.25) is 0 Å². The Labute approximate surface area is 98.3 Å². The molecule has 0 heterocycles. The molecule has 0 aliphatic carbocycles. The van der Waals surface area contributed by atoms with Crippen molar-refractivity contribution in [2.45, 2.75) is 25.9 Å². The maximum atomic E-state index is 11.1. The van der Waals surface area contributed by atoms with E-state index in [9.17, 15) is 14.7 Å². The highest BCUT2D eigenvalue weighted by Gasteiger charge is 2.20. The van der Waals surface area contributed by atoms with Gasteiger partial charge in [-0.3, -0.25) is 0 Å². The van der Waals surface area contributed by atoms with Crippen LogP contribution in [0.25, 0.3) is 0 Å². The van der Waals surface area contributed by atoms with Crippen molar-refractivity contribution in [3.8, 4) is 0 Å². The summed E-state index contributed by atoms with van der Waals surface area (Å²) in [6, 6.07) is 4.25. The average Bonchev–Trinajstić information content (AvgIpc) is 2.28. The summed E-state index contributed by atoms with van der Waals surface area (Å²) in [5.41, 5.74) is -0.155. The molecule has 1 unspecified atom stereocenters. The number of hydrogen-bond acceptors (Lipinski definition) is 3. The third kappa shape index (κ3) is 3.04. The minimum atomic E-state index is -1.29. The van der Waals surface area contributed by atoms with Crippen LogP contribution in [0.4, 0.5) is 0 Å². The summed E-state index contributed by atoms with van der Waals surface area (Å²) in [7, 11) is 0. The number of carboxylic acid groups (broad SMARTS) is 2. The van der Waals surface area contributed by atoms with Gasteiger partial charge in [-0.25, -0.2) is 9.59 Å². The van der Waals surface area contributed by atoms with Crippen molar-refractivity contribution >= 4 is 11.9 Å². The SMILES string of the molecule is CCC(O)Cc1cccc(C(=O)O)c1C(=O)O. The molecule has 3 N–H and O–H groups in total. The van der Waals surface area contributed by atoms with Gasteiger partial charge in [0.25, 0.3) is 0 Å². The molecule has 0 aromatic heterocycles. The van der Waals surface area contributed by atoms with Gasteiger partial charge in [0.05, 0.1) is 17.2 Å². The molecule has 0 aliphatic heterocycles. The number of carboxylic acids is 2. The molecule has 0 bridgehead atoms. The van der Waals surface area contributed by atoms with Gasteiger partial charge in [-0.15, -0.1) is 0 Å². The van der Waals surface area contributed by atoms with Crippen molar-refractivity contribution in [2.75, 3.05) is 0 Å². The molecule has 5 nitrogen and oxygen atoms in total. The molecule has 0 aliphatic rings. The molecule has 1 rings (SSSR count). The van der Waals surface area contributed by atoms with Gasteiger partial charge in [-0.1, -0.05) is 19.1 Å². The predicted octanol–water partition coefficient (Wildman–Crippen LogP) is 1.40. The highest BCUT2D eigenvalue weighted by Crippen LogP contribution is 2.17. The van der Waals surface area contributed by atoms with E-state index in [4.69, 9.17) is 10.2 Å². The van der Waals surface area contributed by atoms with E-state index in [0.29, 0.717) is 12.0 Å². The van der Waals surface area contributed by atoms with Crippen molar-refractivity contribution in [1.29, 1.82) is 0 Å². The van der Waals surface area contributed by atoms with Crippen LogP contribution >= 0.6 is 0 Å². The number of aromatic carboxylic acids is 2. The standard InChI is InChI=1S/C12H14O5/c1-2-8(13)6-7-4-3-5-9(11(14)15)10(7)12(16)17/h3-5,8,13H,2,6H2,1H3,(H,14,15)(H,16,17). The Kier molecular flexibility index (Phi) is 4.23. The number of aliphatic hydroxyl groups excluding tert-OH is 1. The van der Waals surface area contributed by atoms with E-state index in [1.54, 1.807) is 6.92 Å². The number of carbonyl (C=O) groups is 2. The Morgan fingerprint density at radius 1 is 1.24 bits per heavy atom. The van der Waals surface area contributed by atoms with Crippen LogP contribution in [0.2, 0.25) is 0 Å². The summed E-state index contributed by atoms with van der Waals surface area (Å²) in [6.45, 7) is 1.77. The molecule has 1 aromatic carbocycles. The summed E-state index contributed by atoms with van der Waals surface area (Å²) < 4.78 is 0. The second-order valence-electron chi connectivity index (χ2n) is 3.72. The fraction of sp³-hybridized carbons (Fsp3) is 0.333. The van der Waals surface area contributed by atoms with Gasteiger partial charge in [-0.05, 0) is 24.5 Å². The second-order valence-corrected chi connectivity index (χ2v) is 3.72. The van der Waals surface area contributed by atoms with E-state index in [1.807, 2.05) is 0 Å². The summed E-state index contributed by atoms with van der Waals surface area (Å²) in [5, 5.41) is 27.4. The normalized spacial score (nSPS) is 12.1. The fourth-order valence-corrected chi connectivity index (χ4v) is 1.60. The minimum Gasteiger partial charge on any atom is -0.478 e. The Bertz CT molecular complexity index is 439. The zero-order valence-corrected chi connectivity index (χ0v) is 9.38. The predicted molar refractivity (Wildman–Crippen MR) is 60.4 cm³/mol. The summed E-state index contributed by atoms with van der Waals surface area (Å²) >= 11 is 0. The first-order valence-electron chi connectivity index (χ1n) is 5.23. The second kappa shape index (κ2) is 5.45. The highest BCUT2D eigenvalue weighted by molar-refractivity contribution is 6.02. The molecule has 92 valence electrons. The molecule has 0 amide bonds. The Morgan fingerprint density at radius 3 is 2.35 bits per heavy atom. The first kappa shape index (κ1) is 13.2. The van der Waals surface area contributed by atoms with Gasteiger partial charge in [0.1, 0.15) is 0 Å². The molecular weight excluding hydrogens is 224 g/mol. The van der Waals surface area contributed by atoms with Crippen molar-refractivity contribution in [3.05, 3.63) is 34.9 Å². The van der Waals surface area contributed by atoms with Crippen LogP contribution in [0.15, 0.2) is 18.2 Å². The monoisotopic (exact) mass is 238 g/mol. The van der Waals surface area contributed by atoms with Crippen LogP contribution in [0, 0.1) is 0 Å². The van der Waals surface area contributed by atoms with Crippen molar-refractivity contribution < 1.29 is 24.9 Å². The molecule has 0 radical (unpaired) electrons. The van der Waals surface area contributed by atoms with Crippen LogP contribution in [0.1, 0.15) is 39.6 Å². The van der Waals surface area contributed by atoms with Gasteiger partial charge in [-0.2, -0.15) is 0 Å². The van der Waals surface area contributed by atoms with Gasteiger partial charge < -0.3 is 15.3 Å². The summed E-state index contributed by atoms with van der Waals surface area (Å²) in [6.07, 6.45) is -0.0487. The largest absolute Gasteiger partial charge is 0.478 e. The van der Waals surface area contributed by atoms with E-state index in [-0.39, 0.29) is 17.5 Å². The zero-order valence-electron chi connectivity index (χ0n) is 9.38. The van der Waals surface area contributed by atoms with E-state index < -0.39 is 18.0 Å². The Balaban J connectivity index is 3.25. The quantitative estimate of drug-likeness (QED) is 0.720. The van der Waals surface area contributed by atoms with Crippen LogP contribution in [0.3, 0.4) is 0 Å². The van der Waals surface area contributed by atoms with Crippen LogP contribution in [-0.4, -0.2) is 33.4 Å². The average molecular weight is 238 g/mol. The van der Waals surface area contributed by atoms with Crippen molar-refractivity contribution in [3.63, 3.8) is 0 Å². The smallest absolute Gasteiger partial charge is 0.336 e. The molecule has 1 aromatic rings. The lowest BCUT2D eigenvalue weighted by atomic mass is 9.96. The van der Waals surface area contributed by atoms with Gasteiger partial charge >= 0.3 is 11.9 Å². The zero-order chi connectivity index (χ0) is 13.0. The number of benzene rings is 1. The number of hydrogen-bond donors (Lipinski definition) is 3. The van der Waals surface area contributed by atoms with E-state index in [1.165, 1.54) is 18.2 Å². The maximum absolute atomic E-state index is 11.1. The lowest BCUT2D eigenvalue weighted by Gasteiger charge is -2.12. The highest BCUT2D eigenvalue weighted by atomic mass is 16.4. The van der Waals surface area contributed by atoms with Crippen molar-refractivity contribution in [1.82, 2.24) is 0 Å². The molecule has 17 heavy (non-hydrogen) atoms. The van der Waals surface area contributed by atoms with Crippen LogP contribution < -0.4 is 0 Å². The molecule has 0 fully saturated rings. The molecule has 0 spiro atoms. The molecule has 0 saturated carbocycles. The third-order valence-corrected chi connectivity index (χ3v) is 2.52. The molecular formula is C12H14O5. The van der Waals surface area contributed by atoms with E-state index in [2.05, 4.69) is 0 Å². The molecule has 0 saturated heterocycles. The first-order valence-corrected chi connectivity index (χ1v) is 5.23. The minimum absolute atomic E-state index is 0.138. The van der Waals surface area contributed by atoms with Crippen molar-refractivity contribution in [2.24, 2.45) is 0 Å². The first-order chi connectivity index (χ1) is 7.97. The Morgan fingerprint density at radius 2 is 1.88 bits per heavy atom. The summed E-state index contributed by atoms with van der Waals surface area (Å²) in [5.74, 6) is -2.57. The van der Waals surface area contributed by atoms with Gasteiger partial charge in [0, 0.05) is 0 Å². The fourth-order valence-electron chi connectivity index (χ4n) is 1.60. The van der Waals surface area contributed by atoms with Crippen LogP contribution in [-0.2, 0) is 6.42 Å². The Hall–Kier alpha value is -1.88. The molecule has 1 atom stereocenters. The van der Waals surface area contributed by atoms with Crippen LogP contribution in [0.5, 0.6) is 0 Å². The lowest BCUT2D eigenvalue weighted by Crippen LogP contribution is -2.16. The van der Waals surface area contributed by atoms with Gasteiger partial charge in [0.15, 0.2) is 0 Å². The molecule has 5 heteroatoms. The van der Waals surface area contributed by atoms with E-state index in [0.717, 1.165) is 0 Å². The number of aliphatic hydroxyl groups is 1. The lowest BCUT2D eigenvalue weighted by molar-refractivity contribution is 0.0649. The van der Waals surface area contributed by atoms with E-state index >= 15 is 0 Å². The third-order valence-electron chi connectivity index (χ3n) is 2.52. The number of rotatable bonds is 5. The summed E-state index contributed by atoms with van der Waals surface area (Å²) in [4.78, 5) is 22.0.